The van der Waals surface area contributed by atoms with Crippen LogP contribution in [0.5, 0.6) is 11.5 Å². The molecule has 0 radical (unpaired) electrons. The van der Waals surface area contributed by atoms with E-state index < -0.39 is 339 Å². The van der Waals surface area contributed by atoms with Crippen molar-refractivity contribution in [2.75, 3.05) is 4.90 Å². The summed E-state index contributed by atoms with van der Waals surface area (Å²) in [6, 6.07) is -37.0. The molecular formula is C59H37NO2S. The fraction of sp³-hybridized carbons (Fsp3) is 0.0169. The molecule has 0 fully saturated rings. The second kappa shape index (κ2) is 14.1. The average molecular weight is 860 g/mol. The third-order valence-corrected chi connectivity index (χ3v) is 11.5. The molecule has 63 heavy (non-hydrogen) atoms. The number of furan rings is 1. The van der Waals surface area contributed by atoms with Crippen molar-refractivity contribution in [1.29, 1.82) is 0 Å². The molecule has 1 spiro atoms. The molecule has 4 heteroatoms. The summed E-state index contributed by atoms with van der Waals surface area (Å²) in [5.74, 6) is -1.69. The lowest BCUT2D eigenvalue weighted by atomic mass is 9.63. The number of rotatable bonds is 5. The summed E-state index contributed by atoms with van der Waals surface area (Å²) in [7, 11) is 0. The standard InChI is InChI=1S/C59H37NO2S/c1-2-13-38(14-3-1)39-25-31-42(32-26-39)60(44-35-29-41-30-36-47-46-15-4-8-21-53(46)62-57(47)48(41)37-44)43-33-27-40(28-34-43)45-16-12-20-52-58(45)63-56-24-11-7-19-51(56)59(52)49-17-5-9-22-54(49)61-55-23-10-6-18-50(55)59/h1-37H/i1D,2D,3D,4D,5D,6D,7D,8D,9D,10D,11D,12D,13D,14D,15D,16D,17D,18D,20D,21D,22D,23D,24D,25D,26D,27D,28D,29D,30D,31D,32D,33D,34D,35D,36D,37D. The van der Waals surface area contributed by atoms with Gasteiger partial charge in [-0.1, -0.05) is 169 Å². The molecule has 0 saturated heterocycles. The minimum Gasteiger partial charge on any atom is -0.457 e. The van der Waals surface area contributed by atoms with E-state index in [-0.39, 0.29) is 0 Å². The SMILES string of the molecule is [2H]c1cc2c(c([2H])c1[2H])Sc1c(-c3c([2H])c([2H])c(N(c4c([2H])c([2H])c(-c5c([2H])c([2H])c([2H])c([2H])c5[2H])c([2H])c4[2H])c4c([2H])c([2H])c5c([2H])c([2H])c6c(oc7c([2H])c([2H])c([2H])c([2H])c76)c5c4[2H])c([2H])c3[2H])c([2H])c([2H])c([2H])c1C21c2c([2H])c([2H])c([2H])c([2H])c2Oc2c([2H])c([2H])c([2H])c([2H])c21. The van der Waals surface area contributed by atoms with Crippen LogP contribution in [0.3, 0.4) is 0 Å². The van der Waals surface area contributed by atoms with Crippen LogP contribution in [0, 0.1) is 0 Å². The molecule has 13 rings (SSSR count). The van der Waals surface area contributed by atoms with E-state index in [0.717, 1.165) is 6.07 Å². The molecular weight excluding hydrogens is 787 g/mol. The highest BCUT2D eigenvalue weighted by atomic mass is 32.2. The Kier molecular flexibility index (Phi) is 3.42. The van der Waals surface area contributed by atoms with E-state index in [2.05, 4.69) is 0 Å². The highest BCUT2D eigenvalue weighted by Crippen LogP contribution is 2.62. The van der Waals surface area contributed by atoms with Crippen LogP contribution in [-0.4, -0.2) is 0 Å². The minimum atomic E-state index is -2.94. The molecule has 0 bridgehead atoms. The van der Waals surface area contributed by atoms with E-state index in [0.29, 0.717) is 16.7 Å². The van der Waals surface area contributed by atoms with Crippen LogP contribution in [0.4, 0.5) is 17.1 Å². The molecule has 3 heterocycles. The van der Waals surface area contributed by atoms with Crippen LogP contribution < -0.4 is 9.64 Å². The van der Waals surface area contributed by atoms with Crippen LogP contribution in [0.2, 0.25) is 0 Å². The van der Waals surface area contributed by atoms with E-state index in [1.54, 1.807) is 0 Å². The first kappa shape index (κ1) is 15.2. The molecule has 10 aromatic carbocycles. The maximum atomic E-state index is 10.1. The van der Waals surface area contributed by atoms with Gasteiger partial charge in [0.2, 0.25) is 0 Å². The Morgan fingerprint density at radius 1 is 0.444 bits per heavy atom. The van der Waals surface area contributed by atoms with Gasteiger partial charge in [-0.25, -0.2) is 0 Å². The van der Waals surface area contributed by atoms with Crippen LogP contribution in [0.1, 0.15) is 71.6 Å². The van der Waals surface area contributed by atoms with Crippen LogP contribution >= 0.6 is 11.8 Å². The van der Waals surface area contributed by atoms with E-state index in [4.69, 9.17) is 31.1 Å². The van der Waals surface area contributed by atoms with Crippen LogP contribution in [-0.2, 0) is 5.41 Å². The Hall–Kier alpha value is -7.79. The van der Waals surface area contributed by atoms with Gasteiger partial charge >= 0.3 is 0 Å². The van der Waals surface area contributed by atoms with Crippen molar-refractivity contribution >= 4 is 61.5 Å². The van der Waals surface area contributed by atoms with Crippen LogP contribution in [0.25, 0.3) is 55.0 Å². The first-order valence-corrected chi connectivity index (χ1v) is 19.3. The van der Waals surface area contributed by atoms with Crippen LogP contribution in [0.15, 0.2) is 238 Å². The van der Waals surface area contributed by atoms with Gasteiger partial charge in [0.1, 0.15) is 22.7 Å². The predicted molar refractivity (Wildman–Crippen MR) is 259 cm³/mol. The third-order valence-electron chi connectivity index (χ3n) is 10.3. The molecule has 3 nitrogen and oxygen atoms in total. The van der Waals surface area contributed by atoms with Gasteiger partial charge in [0.25, 0.3) is 0 Å². The predicted octanol–water partition coefficient (Wildman–Crippen LogP) is 16.5. The topological polar surface area (TPSA) is 25.6 Å². The number of ether oxygens (including phenoxy) is 1. The van der Waals surface area contributed by atoms with Gasteiger partial charge in [0, 0.05) is 54.1 Å². The third kappa shape index (κ3) is 5.48. The Bertz CT molecular complexity index is 5570. The normalized spacial score (nSPS) is 21.3. The quantitative estimate of drug-likeness (QED) is 0.172. The van der Waals surface area contributed by atoms with Crippen molar-refractivity contribution in [3.63, 3.8) is 0 Å². The number of hydrogen-bond donors (Lipinski definition) is 0. The van der Waals surface area contributed by atoms with Crippen molar-refractivity contribution in [2.24, 2.45) is 0 Å². The van der Waals surface area contributed by atoms with E-state index in [1.165, 1.54) is 0 Å². The summed E-state index contributed by atoms with van der Waals surface area (Å²) in [5, 5.41) is -2.55. The lowest BCUT2D eigenvalue weighted by molar-refractivity contribution is 0.431. The highest BCUT2D eigenvalue weighted by molar-refractivity contribution is 7.99. The average Bonchev–Trinajstić information content (AvgIpc) is 1.39. The maximum absolute atomic E-state index is 10.1. The molecule has 0 N–H and O–H groups in total. The summed E-state index contributed by atoms with van der Waals surface area (Å²) in [6.45, 7) is 0. The summed E-state index contributed by atoms with van der Waals surface area (Å²) >= 11 is 0.358. The first-order chi connectivity index (χ1) is 46.2. The number of anilines is 3. The number of nitrogens with zero attached hydrogens (tertiary/aromatic N) is 1. The fourth-order valence-corrected chi connectivity index (χ4v) is 8.89. The number of benzene rings is 10. The molecule has 11 aromatic rings. The summed E-state index contributed by atoms with van der Waals surface area (Å²) in [6.07, 6.45) is 0. The highest BCUT2D eigenvalue weighted by Gasteiger charge is 2.49. The summed E-state index contributed by atoms with van der Waals surface area (Å²) in [5.41, 5.74) is -14.4. The van der Waals surface area contributed by atoms with Gasteiger partial charge in [-0.3, -0.25) is 0 Å². The van der Waals surface area contributed by atoms with E-state index in [1.807, 2.05) is 0 Å². The van der Waals surface area contributed by atoms with Gasteiger partial charge in [-0.15, -0.1) is 0 Å². The second-order valence-electron chi connectivity index (χ2n) is 13.6. The fourth-order valence-electron chi connectivity index (χ4n) is 7.70. The zero-order chi connectivity index (χ0) is 72.8. The molecule has 0 atom stereocenters. The Morgan fingerprint density at radius 3 is 1.84 bits per heavy atom. The summed E-state index contributed by atoms with van der Waals surface area (Å²) in [4.78, 5) is -0.831. The van der Waals surface area contributed by atoms with Crippen molar-refractivity contribution < 1.29 is 58.5 Å². The molecule has 1 aromatic heterocycles. The lowest BCUT2D eigenvalue weighted by Gasteiger charge is -2.45. The smallest absolute Gasteiger partial charge is 0.143 e. The number of hydrogen-bond acceptors (Lipinski definition) is 4. The lowest BCUT2D eigenvalue weighted by Crippen LogP contribution is -2.36. The molecule has 0 saturated carbocycles. The van der Waals surface area contributed by atoms with Gasteiger partial charge in [0.15, 0.2) is 0 Å². The van der Waals surface area contributed by atoms with Gasteiger partial charge in [-0.05, 0) is 105 Å². The minimum absolute atomic E-state index is 0.304. The zero-order valence-corrected chi connectivity index (χ0v) is 32.1. The Labute approximate surface area is 420 Å². The molecule has 0 aliphatic carbocycles. The van der Waals surface area contributed by atoms with Crippen molar-refractivity contribution in [3.05, 3.63) is 246 Å². The molecule has 296 valence electrons. The number of fused-ring (bicyclic) bond motifs is 13. The molecule has 0 amide bonds. The molecule has 2 aliphatic heterocycles. The van der Waals surface area contributed by atoms with E-state index in [9.17, 15) is 27.4 Å². The second-order valence-corrected chi connectivity index (χ2v) is 14.6. The Balaban J connectivity index is 1.21. The van der Waals surface area contributed by atoms with Crippen molar-refractivity contribution in [2.45, 2.75) is 15.2 Å². The molecule has 2 aliphatic rings. The number of para-hydroxylation sites is 3. The van der Waals surface area contributed by atoms with E-state index >= 15 is 0 Å². The molecule has 0 unspecified atom stereocenters. The monoisotopic (exact) mass is 859 g/mol. The van der Waals surface area contributed by atoms with Crippen molar-refractivity contribution in [1.82, 2.24) is 0 Å². The van der Waals surface area contributed by atoms with Crippen molar-refractivity contribution in [3.8, 4) is 33.8 Å². The Morgan fingerprint density at radius 2 is 1.06 bits per heavy atom. The summed E-state index contributed by atoms with van der Waals surface area (Å²) < 4.78 is 345. The van der Waals surface area contributed by atoms with Gasteiger partial charge < -0.3 is 14.1 Å². The maximum Gasteiger partial charge on any atom is 0.143 e. The van der Waals surface area contributed by atoms with Gasteiger partial charge in [-0.2, -0.15) is 0 Å². The zero-order valence-electron chi connectivity index (χ0n) is 67.2. The van der Waals surface area contributed by atoms with Gasteiger partial charge in [0.05, 0.1) is 54.8 Å². The first-order valence-electron chi connectivity index (χ1n) is 36.5. The largest absolute Gasteiger partial charge is 0.457 e.